The van der Waals surface area contributed by atoms with Crippen molar-refractivity contribution in [2.45, 2.75) is 19.6 Å². The fourth-order valence-electron chi connectivity index (χ4n) is 3.46. The quantitative estimate of drug-likeness (QED) is 0.363. The molecule has 12 heteroatoms. The molecular weight excluding hydrogens is 448 g/mol. The van der Waals surface area contributed by atoms with Crippen LogP contribution in [0.15, 0.2) is 35.2 Å². The molecule has 1 atom stereocenters. The van der Waals surface area contributed by atoms with Crippen molar-refractivity contribution in [1.82, 2.24) is 20.2 Å². The molecule has 2 aromatic rings. The van der Waals surface area contributed by atoms with Crippen molar-refractivity contribution >= 4 is 11.8 Å². The lowest BCUT2D eigenvalue weighted by molar-refractivity contribution is 0.222. The van der Waals surface area contributed by atoms with E-state index in [0.717, 1.165) is 25.7 Å². The van der Waals surface area contributed by atoms with Crippen molar-refractivity contribution in [2.75, 3.05) is 40.4 Å². The summed E-state index contributed by atoms with van der Waals surface area (Å²) in [6.07, 6.45) is 4.21. The molecule has 0 saturated carbocycles. The first-order valence-corrected chi connectivity index (χ1v) is 10.6. The third kappa shape index (κ3) is 6.51. The van der Waals surface area contributed by atoms with Gasteiger partial charge >= 0.3 is 0 Å². The number of nitrogens with two attached hydrogens (primary N) is 2. The average molecular weight is 478 g/mol. The zero-order chi connectivity index (χ0) is 24.7. The molecule has 0 radical (unpaired) electrons. The summed E-state index contributed by atoms with van der Waals surface area (Å²) in [5, 5.41) is 3.37. The molecule has 1 aliphatic rings. The third-order valence-corrected chi connectivity index (χ3v) is 5.08. The number of benzene rings is 1. The number of halogens is 2. The molecule has 1 fully saturated rings. The normalized spacial score (nSPS) is 17.5. The number of ether oxygens (including phenoxy) is 3. The van der Waals surface area contributed by atoms with Crippen LogP contribution in [-0.2, 0) is 6.61 Å². The highest BCUT2D eigenvalue weighted by atomic mass is 19.1. The van der Waals surface area contributed by atoms with E-state index in [2.05, 4.69) is 32.1 Å². The van der Waals surface area contributed by atoms with E-state index in [1.165, 1.54) is 26.6 Å². The van der Waals surface area contributed by atoms with Gasteiger partial charge in [-0.3, -0.25) is 4.90 Å². The van der Waals surface area contributed by atoms with Gasteiger partial charge in [0.15, 0.2) is 28.9 Å². The zero-order valence-corrected chi connectivity index (χ0v) is 19.3. The van der Waals surface area contributed by atoms with Crippen molar-refractivity contribution in [2.24, 2.45) is 16.5 Å². The van der Waals surface area contributed by atoms with E-state index in [-0.39, 0.29) is 34.6 Å². The molecule has 5 N–H and O–H groups in total. The van der Waals surface area contributed by atoms with Gasteiger partial charge in [0, 0.05) is 50.1 Å². The number of aromatic nitrogens is 2. The molecule has 0 amide bonds. The van der Waals surface area contributed by atoms with Crippen LogP contribution in [0.4, 0.5) is 14.7 Å². The van der Waals surface area contributed by atoms with E-state index in [1.54, 1.807) is 6.08 Å². The number of nitrogens with one attached hydrogen (secondary N) is 1. The summed E-state index contributed by atoms with van der Waals surface area (Å²) in [6, 6.07) is 1.53. The standard InChI is InChI=1S/C22H29F2N7O3/c1-13-10-31(5-4-27-13)11-14(25)6-19(26)30-22-28-8-15(9-29-22)34-12-16-20(23)17(32-2)7-18(33-3)21(16)24/h6-9,13,27H,4-5,10-12,25H2,1-3H3,(H2,26,28,29,30)/t13-/m0/s1. The van der Waals surface area contributed by atoms with Crippen LogP contribution in [0.3, 0.4) is 0 Å². The van der Waals surface area contributed by atoms with E-state index in [4.69, 9.17) is 25.7 Å². The zero-order valence-electron chi connectivity index (χ0n) is 19.3. The van der Waals surface area contributed by atoms with Crippen molar-refractivity contribution in [3.8, 4) is 17.2 Å². The highest BCUT2D eigenvalue weighted by Gasteiger charge is 2.20. The Bertz CT molecular complexity index is 1020. The second-order valence-corrected chi connectivity index (χ2v) is 7.74. The SMILES string of the molecule is COc1cc(OC)c(F)c(COc2cnc(N=C(N)C=C(N)CN3CCN[C@@H](C)C3)nc2)c1F. The van der Waals surface area contributed by atoms with Gasteiger partial charge in [0.25, 0.3) is 5.95 Å². The average Bonchev–Trinajstić information content (AvgIpc) is 2.80. The molecule has 1 aromatic heterocycles. The Morgan fingerprint density at radius 3 is 2.44 bits per heavy atom. The summed E-state index contributed by atoms with van der Waals surface area (Å²) >= 11 is 0. The summed E-state index contributed by atoms with van der Waals surface area (Å²) in [4.78, 5) is 14.4. The molecule has 0 unspecified atom stereocenters. The minimum absolute atomic E-state index is 0.0881. The molecule has 3 rings (SSSR count). The predicted molar refractivity (Wildman–Crippen MR) is 123 cm³/mol. The van der Waals surface area contributed by atoms with Gasteiger partial charge in [-0.2, -0.15) is 4.99 Å². The fraction of sp³-hybridized carbons (Fsp3) is 0.409. The summed E-state index contributed by atoms with van der Waals surface area (Å²) in [5.74, 6) is -1.65. The van der Waals surface area contributed by atoms with Gasteiger partial charge in [-0.25, -0.2) is 18.7 Å². The Morgan fingerprint density at radius 2 is 1.85 bits per heavy atom. The summed E-state index contributed by atoms with van der Waals surface area (Å²) in [5.41, 5.74) is 12.3. The third-order valence-electron chi connectivity index (χ3n) is 5.08. The van der Waals surface area contributed by atoms with E-state index >= 15 is 0 Å². The van der Waals surface area contributed by atoms with Crippen LogP contribution in [0.5, 0.6) is 17.2 Å². The largest absolute Gasteiger partial charge is 0.494 e. The monoisotopic (exact) mass is 477 g/mol. The number of aliphatic imine (C=N–C) groups is 1. The van der Waals surface area contributed by atoms with Crippen molar-refractivity contribution in [3.05, 3.63) is 47.4 Å². The highest BCUT2D eigenvalue weighted by molar-refractivity contribution is 5.93. The lowest BCUT2D eigenvalue weighted by Crippen LogP contribution is -2.50. The van der Waals surface area contributed by atoms with Crippen molar-refractivity contribution in [3.63, 3.8) is 0 Å². The molecule has 1 aromatic carbocycles. The summed E-state index contributed by atoms with van der Waals surface area (Å²) < 4.78 is 44.2. The Morgan fingerprint density at radius 1 is 1.21 bits per heavy atom. The van der Waals surface area contributed by atoms with Gasteiger partial charge in [-0.1, -0.05) is 0 Å². The number of piperazine rings is 1. The minimum atomic E-state index is -0.879. The van der Waals surface area contributed by atoms with Gasteiger partial charge in [0.05, 0.1) is 32.2 Å². The Balaban J connectivity index is 1.62. The van der Waals surface area contributed by atoms with Gasteiger partial charge in [-0.15, -0.1) is 0 Å². The van der Waals surface area contributed by atoms with Crippen LogP contribution in [0.1, 0.15) is 12.5 Å². The summed E-state index contributed by atoms with van der Waals surface area (Å²) in [6.45, 7) is 4.97. The number of rotatable bonds is 9. The fourth-order valence-corrected chi connectivity index (χ4v) is 3.46. The van der Waals surface area contributed by atoms with E-state index < -0.39 is 18.2 Å². The van der Waals surface area contributed by atoms with Crippen LogP contribution in [0.25, 0.3) is 0 Å². The molecule has 0 spiro atoms. The Kier molecular flexibility index (Phi) is 8.55. The van der Waals surface area contributed by atoms with Gasteiger partial charge < -0.3 is 31.0 Å². The number of nitrogens with zero attached hydrogens (tertiary/aromatic N) is 4. The first-order chi connectivity index (χ1) is 16.3. The lowest BCUT2D eigenvalue weighted by atomic mass is 10.1. The molecule has 0 bridgehead atoms. The molecule has 184 valence electrons. The lowest BCUT2D eigenvalue weighted by Gasteiger charge is -2.31. The van der Waals surface area contributed by atoms with E-state index in [9.17, 15) is 8.78 Å². The first kappa shape index (κ1) is 25.1. The number of hydrogen-bond donors (Lipinski definition) is 3. The molecule has 0 aliphatic carbocycles. The number of methoxy groups -OCH3 is 2. The predicted octanol–water partition coefficient (Wildman–Crippen LogP) is 1.48. The van der Waals surface area contributed by atoms with Gasteiger partial charge in [-0.05, 0) is 6.92 Å². The molecule has 1 saturated heterocycles. The maximum Gasteiger partial charge on any atom is 0.251 e. The Hall–Kier alpha value is -3.51. The molecular formula is C22H29F2N7O3. The first-order valence-electron chi connectivity index (χ1n) is 10.6. The van der Waals surface area contributed by atoms with Crippen LogP contribution in [0, 0.1) is 11.6 Å². The van der Waals surface area contributed by atoms with Crippen LogP contribution in [-0.4, -0.2) is 67.1 Å². The molecule has 2 heterocycles. The van der Waals surface area contributed by atoms with Crippen LogP contribution in [0.2, 0.25) is 0 Å². The topological polar surface area (TPSA) is 133 Å². The highest BCUT2D eigenvalue weighted by Crippen LogP contribution is 2.31. The Labute approximate surface area is 196 Å². The number of hydrogen-bond acceptors (Lipinski definition) is 9. The van der Waals surface area contributed by atoms with Crippen LogP contribution >= 0.6 is 0 Å². The second-order valence-electron chi connectivity index (χ2n) is 7.74. The number of amidine groups is 1. The maximum absolute atomic E-state index is 14.4. The summed E-state index contributed by atoms with van der Waals surface area (Å²) in [7, 11) is 2.54. The van der Waals surface area contributed by atoms with Crippen LogP contribution < -0.4 is 31.0 Å². The molecule has 1 aliphatic heterocycles. The van der Waals surface area contributed by atoms with Gasteiger partial charge in [0.2, 0.25) is 0 Å². The van der Waals surface area contributed by atoms with Gasteiger partial charge in [0.1, 0.15) is 12.4 Å². The smallest absolute Gasteiger partial charge is 0.251 e. The van der Waals surface area contributed by atoms with Crippen molar-refractivity contribution in [1.29, 1.82) is 0 Å². The van der Waals surface area contributed by atoms with Crippen molar-refractivity contribution < 1.29 is 23.0 Å². The van der Waals surface area contributed by atoms with E-state index in [1.807, 2.05) is 0 Å². The maximum atomic E-state index is 14.4. The minimum Gasteiger partial charge on any atom is -0.494 e. The molecule has 10 nitrogen and oxygen atoms in total. The molecule has 34 heavy (non-hydrogen) atoms. The second kappa shape index (κ2) is 11.6. The van der Waals surface area contributed by atoms with E-state index in [0.29, 0.717) is 18.3 Å².